The van der Waals surface area contributed by atoms with Gasteiger partial charge < -0.3 is 4.98 Å². The van der Waals surface area contributed by atoms with E-state index in [1.165, 1.54) is 17.0 Å². The largest absolute Gasteiger partial charge is 0.416 e. The maximum Gasteiger partial charge on any atom is 0.416 e. The molecule has 0 unspecified atom stereocenters. The van der Waals surface area contributed by atoms with Gasteiger partial charge in [0.25, 0.3) is 5.56 Å². The van der Waals surface area contributed by atoms with Crippen molar-refractivity contribution in [2.24, 2.45) is 0 Å². The van der Waals surface area contributed by atoms with E-state index in [-0.39, 0.29) is 11.4 Å². The van der Waals surface area contributed by atoms with Crippen LogP contribution in [0.4, 0.5) is 13.2 Å². The third kappa shape index (κ3) is 4.11. The van der Waals surface area contributed by atoms with Crippen LogP contribution in [0.15, 0.2) is 29.1 Å². The number of alkyl halides is 3. The Bertz CT molecular complexity index is 1100. The molecule has 0 bridgehead atoms. The van der Waals surface area contributed by atoms with Crippen LogP contribution in [0.2, 0.25) is 0 Å². The van der Waals surface area contributed by atoms with Crippen LogP contribution in [-0.2, 0) is 25.7 Å². The highest BCUT2D eigenvalue weighted by molar-refractivity contribution is 7.11. The molecular weight excluding hydrogens is 401 g/mol. The van der Waals surface area contributed by atoms with Gasteiger partial charge in [0.2, 0.25) is 0 Å². The van der Waals surface area contributed by atoms with Gasteiger partial charge in [0.05, 0.1) is 22.0 Å². The number of benzene rings is 1. The van der Waals surface area contributed by atoms with Crippen molar-refractivity contribution >= 4 is 11.3 Å². The summed E-state index contributed by atoms with van der Waals surface area (Å²) in [6.45, 7) is 5.96. The van der Waals surface area contributed by atoms with Crippen molar-refractivity contribution in [2.45, 2.75) is 39.5 Å². The summed E-state index contributed by atoms with van der Waals surface area (Å²) in [5.41, 5.74) is 1.83. The lowest BCUT2D eigenvalue weighted by Gasteiger charge is -2.27. The molecule has 0 saturated carbocycles. The summed E-state index contributed by atoms with van der Waals surface area (Å²) < 4.78 is 38.3. The van der Waals surface area contributed by atoms with Crippen molar-refractivity contribution in [3.05, 3.63) is 67.0 Å². The van der Waals surface area contributed by atoms with E-state index in [0.29, 0.717) is 29.8 Å². The van der Waals surface area contributed by atoms with Gasteiger partial charge in [0.15, 0.2) is 0 Å². The first-order chi connectivity index (χ1) is 13.7. The van der Waals surface area contributed by atoms with Crippen LogP contribution in [0.5, 0.6) is 0 Å². The lowest BCUT2D eigenvalue weighted by molar-refractivity contribution is -0.137. The van der Waals surface area contributed by atoms with Gasteiger partial charge in [0, 0.05) is 35.6 Å². The van der Waals surface area contributed by atoms with E-state index in [0.717, 1.165) is 35.9 Å². The molecule has 0 radical (unpaired) electrons. The zero-order chi connectivity index (χ0) is 20.8. The number of nitrogens with zero attached hydrogens (tertiary/aromatic N) is 3. The second-order valence-corrected chi connectivity index (χ2v) is 8.40. The maximum absolute atomic E-state index is 12.8. The molecule has 0 saturated heterocycles. The second kappa shape index (κ2) is 7.38. The molecule has 0 fully saturated rings. The molecule has 1 aliphatic rings. The van der Waals surface area contributed by atoms with Crippen molar-refractivity contribution < 1.29 is 13.2 Å². The van der Waals surface area contributed by atoms with E-state index in [1.807, 2.05) is 13.8 Å². The Morgan fingerprint density at radius 1 is 1.17 bits per heavy atom. The third-order valence-corrected chi connectivity index (χ3v) is 6.06. The average Bonchev–Trinajstić information content (AvgIpc) is 2.97. The topological polar surface area (TPSA) is 61.9 Å². The fourth-order valence-electron chi connectivity index (χ4n) is 3.51. The lowest BCUT2D eigenvalue weighted by Crippen LogP contribution is -2.35. The molecule has 0 amide bonds. The predicted octanol–water partition coefficient (Wildman–Crippen LogP) is 4.09. The summed E-state index contributed by atoms with van der Waals surface area (Å²) in [4.78, 5) is 27.6. The van der Waals surface area contributed by atoms with E-state index in [1.54, 1.807) is 11.3 Å². The number of H-pyrrole nitrogens is 1. The van der Waals surface area contributed by atoms with E-state index in [2.05, 4.69) is 19.9 Å². The Kier molecular flexibility index (Phi) is 5.04. The number of aromatic amines is 1. The molecule has 3 aromatic rings. The normalized spacial score (nSPS) is 14.8. The van der Waals surface area contributed by atoms with Gasteiger partial charge in [-0.3, -0.25) is 9.69 Å². The molecule has 1 aliphatic heterocycles. The number of nitrogens with one attached hydrogen (secondary N) is 1. The summed E-state index contributed by atoms with van der Waals surface area (Å²) in [5, 5.41) is 1.02. The molecule has 29 heavy (non-hydrogen) atoms. The van der Waals surface area contributed by atoms with Gasteiger partial charge in [-0.1, -0.05) is 12.1 Å². The number of aryl methyl sites for hydroxylation is 2. The number of halogens is 3. The Labute approximate surface area is 169 Å². The molecule has 0 atom stereocenters. The maximum atomic E-state index is 12.8. The van der Waals surface area contributed by atoms with Crippen LogP contribution in [-0.4, -0.2) is 26.4 Å². The molecule has 1 N–H and O–H groups in total. The molecule has 0 aliphatic carbocycles. The molecule has 152 valence electrons. The first-order valence-electron chi connectivity index (χ1n) is 9.15. The van der Waals surface area contributed by atoms with E-state index < -0.39 is 11.7 Å². The molecule has 0 spiro atoms. The molecule has 9 heteroatoms. The second-order valence-electron chi connectivity index (χ2n) is 7.12. The van der Waals surface area contributed by atoms with Crippen LogP contribution < -0.4 is 5.56 Å². The van der Waals surface area contributed by atoms with Crippen molar-refractivity contribution in [3.63, 3.8) is 0 Å². The first-order valence-corrected chi connectivity index (χ1v) is 9.97. The van der Waals surface area contributed by atoms with Crippen LogP contribution in [0, 0.1) is 13.8 Å². The van der Waals surface area contributed by atoms with E-state index in [9.17, 15) is 18.0 Å². The molecule has 3 heterocycles. The minimum Gasteiger partial charge on any atom is -0.306 e. The molecule has 5 nitrogen and oxygen atoms in total. The number of thiazole rings is 1. The number of aromatic nitrogens is 3. The van der Waals surface area contributed by atoms with Crippen LogP contribution >= 0.6 is 11.3 Å². The molecular formula is C20H19F3N4OS. The zero-order valence-corrected chi connectivity index (χ0v) is 16.7. The quantitative estimate of drug-likeness (QED) is 0.693. The van der Waals surface area contributed by atoms with Gasteiger partial charge in [-0.05, 0) is 32.4 Å². The molecule has 4 rings (SSSR count). The predicted molar refractivity (Wildman–Crippen MR) is 105 cm³/mol. The Morgan fingerprint density at radius 2 is 1.90 bits per heavy atom. The minimum atomic E-state index is -4.40. The van der Waals surface area contributed by atoms with Crippen LogP contribution in [0.1, 0.15) is 32.4 Å². The molecule has 2 aromatic heterocycles. The highest BCUT2D eigenvalue weighted by Gasteiger charge is 2.30. The standard InChI is InChI=1S/C20H19F3N4OS/c1-11-17(29-12(2)24-11)10-27-8-7-15-16(9-27)25-18(26-19(15)28)13-3-5-14(6-4-13)20(21,22)23/h3-6H,7-10H2,1-2H3,(H,25,26,28). The average molecular weight is 420 g/mol. The number of hydrogen-bond donors (Lipinski definition) is 1. The summed E-state index contributed by atoms with van der Waals surface area (Å²) in [6.07, 6.45) is -3.81. The summed E-state index contributed by atoms with van der Waals surface area (Å²) in [7, 11) is 0. The summed E-state index contributed by atoms with van der Waals surface area (Å²) >= 11 is 1.66. The summed E-state index contributed by atoms with van der Waals surface area (Å²) in [5.74, 6) is 0.286. The zero-order valence-electron chi connectivity index (χ0n) is 15.9. The first kappa shape index (κ1) is 19.8. The monoisotopic (exact) mass is 420 g/mol. The van der Waals surface area contributed by atoms with Gasteiger partial charge in [-0.2, -0.15) is 13.2 Å². The highest BCUT2D eigenvalue weighted by atomic mass is 32.1. The van der Waals surface area contributed by atoms with Crippen LogP contribution in [0.25, 0.3) is 11.4 Å². The van der Waals surface area contributed by atoms with Gasteiger partial charge in [-0.15, -0.1) is 11.3 Å². The van der Waals surface area contributed by atoms with Gasteiger partial charge in [0.1, 0.15) is 5.82 Å². The fourth-order valence-corrected chi connectivity index (χ4v) is 4.49. The van der Waals surface area contributed by atoms with Crippen molar-refractivity contribution in [1.29, 1.82) is 0 Å². The molecule has 1 aromatic carbocycles. The Hall–Kier alpha value is -2.52. The fraction of sp³-hybridized carbons (Fsp3) is 0.350. The third-order valence-electron chi connectivity index (χ3n) is 5.01. The van der Waals surface area contributed by atoms with E-state index >= 15 is 0 Å². The van der Waals surface area contributed by atoms with E-state index in [4.69, 9.17) is 0 Å². The SMILES string of the molecule is Cc1nc(C)c(CN2CCc3c(nc(-c4ccc(C(F)(F)F)cc4)[nH]c3=O)C2)s1. The minimum absolute atomic E-state index is 0.227. The Morgan fingerprint density at radius 3 is 2.52 bits per heavy atom. The number of hydrogen-bond acceptors (Lipinski definition) is 5. The van der Waals surface area contributed by atoms with Crippen molar-refractivity contribution in [1.82, 2.24) is 19.9 Å². The number of rotatable bonds is 3. The van der Waals surface area contributed by atoms with Gasteiger partial charge >= 0.3 is 6.18 Å². The lowest BCUT2D eigenvalue weighted by atomic mass is 10.1. The number of fused-ring (bicyclic) bond motifs is 1. The van der Waals surface area contributed by atoms with Crippen molar-refractivity contribution in [2.75, 3.05) is 6.54 Å². The van der Waals surface area contributed by atoms with Crippen LogP contribution in [0.3, 0.4) is 0 Å². The smallest absolute Gasteiger partial charge is 0.306 e. The summed E-state index contributed by atoms with van der Waals surface area (Å²) in [6, 6.07) is 4.65. The van der Waals surface area contributed by atoms with Gasteiger partial charge in [-0.25, -0.2) is 9.97 Å². The Balaban J connectivity index is 1.60. The highest BCUT2D eigenvalue weighted by Crippen LogP contribution is 2.30. The van der Waals surface area contributed by atoms with Crippen molar-refractivity contribution in [3.8, 4) is 11.4 Å².